The van der Waals surface area contributed by atoms with Crippen LogP contribution in [0.2, 0.25) is 0 Å². The Bertz CT molecular complexity index is 1320. The smallest absolute Gasteiger partial charge is 0.300 e. The molecule has 1 aliphatic heterocycles. The van der Waals surface area contributed by atoms with Gasteiger partial charge in [0, 0.05) is 11.3 Å². The van der Waals surface area contributed by atoms with Gasteiger partial charge in [-0.2, -0.15) is 0 Å². The van der Waals surface area contributed by atoms with Crippen LogP contribution in [0.15, 0.2) is 66.2 Å². The van der Waals surface area contributed by atoms with Crippen LogP contribution in [0, 0.1) is 6.92 Å². The van der Waals surface area contributed by atoms with E-state index in [4.69, 9.17) is 18.9 Å². The average molecular weight is 504 g/mol. The summed E-state index contributed by atoms with van der Waals surface area (Å²) >= 11 is 0. The quantitative estimate of drug-likeness (QED) is 0.261. The van der Waals surface area contributed by atoms with E-state index in [-0.39, 0.29) is 11.3 Å². The van der Waals surface area contributed by atoms with E-state index in [1.165, 1.54) is 26.2 Å². The first-order valence-electron chi connectivity index (χ1n) is 11.7. The maximum atomic E-state index is 13.4. The van der Waals surface area contributed by atoms with E-state index in [0.29, 0.717) is 46.4 Å². The fourth-order valence-electron chi connectivity index (χ4n) is 4.41. The molecule has 0 radical (unpaired) electrons. The number of benzene rings is 3. The predicted molar refractivity (Wildman–Crippen MR) is 140 cm³/mol. The Hall–Kier alpha value is -4.46. The van der Waals surface area contributed by atoms with Gasteiger partial charge >= 0.3 is 0 Å². The second-order valence-electron chi connectivity index (χ2n) is 8.42. The summed E-state index contributed by atoms with van der Waals surface area (Å²) in [4.78, 5) is 28.2. The first kappa shape index (κ1) is 25.6. The molecule has 1 aliphatic rings. The number of ether oxygens (including phenoxy) is 4. The summed E-state index contributed by atoms with van der Waals surface area (Å²) in [5.74, 6) is -0.150. The standard InChI is InChI=1S/C29H29NO7/c1-6-37-21-13-9-18(10-14-21)26(31)24-25(19-15-22(34-3)28(36-5)23(16-19)35-4)30(29(33)27(24)32)20-11-7-17(2)8-12-20/h7-16,25,31H,6H2,1-5H3/b26-24+. The van der Waals surface area contributed by atoms with Gasteiger partial charge in [0.05, 0.1) is 39.6 Å². The third kappa shape index (κ3) is 4.70. The minimum Gasteiger partial charge on any atom is -0.507 e. The zero-order valence-electron chi connectivity index (χ0n) is 21.4. The van der Waals surface area contributed by atoms with E-state index in [2.05, 4.69) is 0 Å². The molecule has 1 unspecified atom stereocenters. The second kappa shape index (κ2) is 10.7. The van der Waals surface area contributed by atoms with E-state index in [1.54, 1.807) is 48.5 Å². The third-order valence-corrected chi connectivity index (χ3v) is 6.20. The number of anilines is 1. The molecule has 0 aliphatic carbocycles. The number of carbonyl (C=O) groups is 2. The van der Waals surface area contributed by atoms with Crippen LogP contribution in [0.4, 0.5) is 5.69 Å². The number of methoxy groups -OCH3 is 3. The zero-order chi connectivity index (χ0) is 26.7. The minimum absolute atomic E-state index is 0.0518. The lowest BCUT2D eigenvalue weighted by molar-refractivity contribution is -0.132. The fourth-order valence-corrected chi connectivity index (χ4v) is 4.41. The molecule has 0 aromatic heterocycles. The Kier molecular flexibility index (Phi) is 7.38. The summed E-state index contributed by atoms with van der Waals surface area (Å²) in [6, 6.07) is 16.3. The molecule has 1 fully saturated rings. The van der Waals surface area contributed by atoms with E-state index >= 15 is 0 Å². The lowest BCUT2D eigenvalue weighted by atomic mass is 9.94. The van der Waals surface area contributed by atoms with Crippen LogP contribution >= 0.6 is 0 Å². The SMILES string of the molecule is CCOc1ccc(/C(O)=C2\C(=O)C(=O)N(c3ccc(C)cc3)C2c2cc(OC)c(OC)c(OC)c2)cc1. The number of hydrogen-bond donors (Lipinski definition) is 1. The number of aliphatic hydroxyl groups excluding tert-OH is 1. The predicted octanol–water partition coefficient (Wildman–Crippen LogP) is 5.05. The highest BCUT2D eigenvalue weighted by atomic mass is 16.5. The van der Waals surface area contributed by atoms with E-state index in [1.807, 2.05) is 26.0 Å². The van der Waals surface area contributed by atoms with Crippen molar-refractivity contribution in [2.75, 3.05) is 32.8 Å². The minimum atomic E-state index is -0.956. The number of carbonyl (C=O) groups excluding carboxylic acids is 2. The highest BCUT2D eigenvalue weighted by molar-refractivity contribution is 6.51. The molecule has 1 N–H and O–H groups in total. The summed E-state index contributed by atoms with van der Waals surface area (Å²) in [5.41, 5.74) is 2.34. The van der Waals surface area contributed by atoms with Gasteiger partial charge in [-0.1, -0.05) is 17.7 Å². The number of ketones is 1. The van der Waals surface area contributed by atoms with Gasteiger partial charge < -0.3 is 24.1 Å². The number of Topliss-reactive ketones (excluding diaryl/α,β-unsaturated/α-hetero) is 1. The molecule has 1 heterocycles. The van der Waals surface area contributed by atoms with Crippen molar-refractivity contribution in [3.8, 4) is 23.0 Å². The molecule has 8 heteroatoms. The molecule has 37 heavy (non-hydrogen) atoms. The molecule has 1 atom stereocenters. The van der Waals surface area contributed by atoms with Gasteiger partial charge in [-0.25, -0.2) is 0 Å². The maximum Gasteiger partial charge on any atom is 0.300 e. The van der Waals surface area contributed by atoms with Crippen molar-refractivity contribution in [1.29, 1.82) is 0 Å². The average Bonchev–Trinajstić information content (AvgIpc) is 3.18. The number of aryl methyl sites for hydroxylation is 1. The largest absolute Gasteiger partial charge is 0.507 e. The summed E-state index contributed by atoms with van der Waals surface area (Å²) in [6.07, 6.45) is 0. The van der Waals surface area contributed by atoms with Crippen molar-refractivity contribution >= 4 is 23.1 Å². The van der Waals surface area contributed by atoms with Crippen molar-refractivity contribution in [1.82, 2.24) is 0 Å². The first-order chi connectivity index (χ1) is 17.8. The van der Waals surface area contributed by atoms with Gasteiger partial charge in [0.1, 0.15) is 11.5 Å². The summed E-state index contributed by atoms with van der Waals surface area (Å²) in [6.45, 7) is 4.30. The molecular weight excluding hydrogens is 474 g/mol. The van der Waals surface area contributed by atoms with Crippen molar-refractivity contribution in [3.63, 3.8) is 0 Å². The van der Waals surface area contributed by atoms with Crippen molar-refractivity contribution in [2.24, 2.45) is 0 Å². The van der Waals surface area contributed by atoms with Crippen LogP contribution in [0.3, 0.4) is 0 Å². The number of aliphatic hydroxyl groups is 1. The maximum absolute atomic E-state index is 13.4. The molecular formula is C29H29NO7. The highest BCUT2D eigenvalue weighted by Crippen LogP contribution is 2.47. The molecule has 3 aromatic carbocycles. The van der Waals surface area contributed by atoms with Gasteiger partial charge in [0.25, 0.3) is 11.7 Å². The van der Waals surface area contributed by atoms with Crippen LogP contribution < -0.4 is 23.8 Å². The van der Waals surface area contributed by atoms with E-state index in [0.717, 1.165) is 5.56 Å². The Morgan fingerprint density at radius 1 is 0.892 bits per heavy atom. The molecule has 192 valence electrons. The Morgan fingerprint density at radius 3 is 2.00 bits per heavy atom. The molecule has 3 aromatic rings. The van der Waals surface area contributed by atoms with Crippen LogP contribution in [0.25, 0.3) is 5.76 Å². The number of hydrogen-bond acceptors (Lipinski definition) is 7. The van der Waals surface area contributed by atoms with Crippen LogP contribution in [0.5, 0.6) is 23.0 Å². The second-order valence-corrected chi connectivity index (χ2v) is 8.42. The summed E-state index contributed by atoms with van der Waals surface area (Å²) in [7, 11) is 4.46. The van der Waals surface area contributed by atoms with Crippen molar-refractivity contribution < 1.29 is 33.6 Å². The van der Waals surface area contributed by atoms with Crippen LogP contribution in [0.1, 0.15) is 29.7 Å². The topological polar surface area (TPSA) is 94.5 Å². The normalized spacial score (nSPS) is 16.6. The van der Waals surface area contributed by atoms with E-state index < -0.39 is 17.7 Å². The van der Waals surface area contributed by atoms with Gasteiger partial charge in [-0.3, -0.25) is 14.5 Å². The van der Waals surface area contributed by atoms with Crippen LogP contribution in [-0.4, -0.2) is 44.7 Å². The Morgan fingerprint density at radius 2 is 1.49 bits per heavy atom. The third-order valence-electron chi connectivity index (χ3n) is 6.20. The Balaban J connectivity index is 1.96. The van der Waals surface area contributed by atoms with Crippen LogP contribution in [-0.2, 0) is 9.59 Å². The molecule has 0 saturated carbocycles. The molecule has 0 bridgehead atoms. The van der Waals surface area contributed by atoms with Crippen molar-refractivity contribution in [2.45, 2.75) is 19.9 Å². The molecule has 1 saturated heterocycles. The van der Waals surface area contributed by atoms with Crippen molar-refractivity contribution in [3.05, 3.63) is 82.9 Å². The molecule has 4 rings (SSSR count). The van der Waals surface area contributed by atoms with Gasteiger partial charge in [-0.15, -0.1) is 0 Å². The monoisotopic (exact) mass is 503 g/mol. The van der Waals surface area contributed by atoms with Gasteiger partial charge in [0.15, 0.2) is 11.5 Å². The summed E-state index contributed by atoms with van der Waals surface area (Å²) < 4.78 is 22.0. The summed E-state index contributed by atoms with van der Waals surface area (Å²) in [5, 5.41) is 11.4. The van der Waals surface area contributed by atoms with Gasteiger partial charge in [0.2, 0.25) is 5.75 Å². The zero-order valence-corrected chi connectivity index (χ0v) is 21.4. The molecule has 1 amide bonds. The highest BCUT2D eigenvalue weighted by Gasteiger charge is 2.47. The first-order valence-corrected chi connectivity index (χ1v) is 11.7. The van der Waals surface area contributed by atoms with E-state index in [9.17, 15) is 14.7 Å². The lowest BCUT2D eigenvalue weighted by Crippen LogP contribution is -2.29. The molecule has 0 spiro atoms. The fraction of sp³-hybridized carbons (Fsp3) is 0.241. The number of rotatable bonds is 8. The number of nitrogens with zero attached hydrogens (tertiary/aromatic N) is 1. The van der Waals surface area contributed by atoms with Gasteiger partial charge in [-0.05, 0) is 67.9 Å². The lowest BCUT2D eigenvalue weighted by Gasteiger charge is -2.26. The Labute approximate surface area is 215 Å². The molecule has 8 nitrogen and oxygen atoms in total. The number of amides is 1.